The summed E-state index contributed by atoms with van der Waals surface area (Å²) < 4.78 is 2.06. The average Bonchev–Trinajstić information content (AvgIpc) is 2.97. The second kappa shape index (κ2) is 11.9. The smallest absolute Gasteiger partial charge is 0.191 e. The second-order valence-corrected chi connectivity index (χ2v) is 6.81. The minimum Gasteiger partial charge on any atom is -0.357 e. The van der Waals surface area contributed by atoms with E-state index >= 15 is 0 Å². The van der Waals surface area contributed by atoms with Crippen LogP contribution in [0.2, 0.25) is 0 Å². The lowest BCUT2D eigenvalue weighted by molar-refractivity contribution is 0.392. The number of unbranched alkanes of at least 4 members (excludes halogenated alkanes) is 1. The van der Waals surface area contributed by atoms with E-state index in [0.29, 0.717) is 6.04 Å². The van der Waals surface area contributed by atoms with Gasteiger partial charge in [0.05, 0.1) is 6.54 Å². The van der Waals surface area contributed by atoms with Gasteiger partial charge in [-0.15, -0.1) is 24.0 Å². The van der Waals surface area contributed by atoms with Crippen LogP contribution in [0, 0.1) is 0 Å². The number of halogens is 1. The molecule has 0 saturated heterocycles. The SMILES string of the molecule is CCNC(=NCCCCSC)NC1CCc2nc(CC)nn2C1.I. The van der Waals surface area contributed by atoms with Crippen molar-refractivity contribution in [3.63, 3.8) is 0 Å². The summed E-state index contributed by atoms with van der Waals surface area (Å²) in [6.07, 6.45) is 7.50. The number of hydrogen-bond donors (Lipinski definition) is 2. The molecule has 0 aliphatic carbocycles. The number of aromatic nitrogens is 3. The third kappa shape index (κ3) is 6.78. The molecule has 6 nitrogen and oxygen atoms in total. The first-order valence-electron chi connectivity index (χ1n) is 8.73. The molecule has 0 amide bonds. The van der Waals surface area contributed by atoms with E-state index in [1.807, 2.05) is 11.8 Å². The van der Waals surface area contributed by atoms with Gasteiger partial charge in [0, 0.05) is 32.0 Å². The van der Waals surface area contributed by atoms with Gasteiger partial charge in [-0.3, -0.25) is 4.99 Å². The van der Waals surface area contributed by atoms with E-state index in [4.69, 9.17) is 4.99 Å². The molecule has 8 heteroatoms. The van der Waals surface area contributed by atoms with Crippen molar-refractivity contribution < 1.29 is 0 Å². The molecule has 2 rings (SSSR count). The summed E-state index contributed by atoms with van der Waals surface area (Å²) in [5, 5.41) is 11.5. The van der Waals surface area contributed by atoms with Gasteiger partial charge in [0.15, 0.2) is 11.8 Å². The van der Waals surface area contributed by atoms with Crippen molar-refractivity contribution in [2.45, 2.75) is 58.5 Å². The van der Waals surface area contributed by atoms with Crippen LogP contribution in [0.15, 0.2) is 4.99 Å². The number of nitrogens with one attached hydrogen (secondary N) is 2. The Hall–Kier alpha value is -0.510. The standard InChI is InChI=1S/C16H30N6S.HI/c1-4-14-20-15-9-8-13(12-22(15)21-14)19-16(17-5-2)18-10-6-7-11-23-3;/h13H,4-12H2,1-3H3,(H2,17,18,19);1H. The molecule has 0 fully saturated rings. The highest BCUT2D eigenvalue weighted by atomic mass is 127. The highest BCUT2D eigenvalue weighted by Crippen LogP contribution is 2.13. The van der Waals surface area contributed by atoms with Gasteiger partial charge in [-0.1, -0.05) is 6.92 Å². The van der Waals surface area contributed by atoms with Crippen LogP contribution in [-0.4, -0.2) is 51.9 Å². The van der Waals surface area contributed by atoms with Crippen molar-refractivity contribution >= 4 is 41.7 Å². The van der Waals surface area contributed by atoms with Gasteiger partial charge in [0.25, 0.3) is 0 Å². The maximum atomic E-state index is 4.70. The summed E-state index contributed by atoms with van der Waals surface area (Å²) in [6.45, 7) is 6.85. The van der Waals surface area contributed by atoms with Gasteiger partial charge in [0.1, 0.15) is 5.82 Å². The summed E-state index contributed by atoms with van der Waals surface area (Å²) in [4.78, 5) is 9.27. The average molecular weight is 466 g/mol. The molecule has 0 aromatic carbocycles. The summed E-state index contributed by atoms with van der Waals surface area (Å²) >= 11 is 1.90. The number of rotatable bonds is 8. The topological polar surface area (TPSA) is 67.1 Å². The third-order valence-electron chi connectivity index (χ3n) is 3.93. The van der Waals surface area contributed by atoms with Crippen molar-refractivity contribution in [1.82, 2.24) is 25.4 Å². The van der Waals surface area contributed by atoms with Crippen molar-refractivity contribution in [1.29, 1.82) is 0 Å². The van der Waals surface area contributed by atoms with E-state index in [2.05, 4.69) is 45.5 Å². The molecule has 138 valence electrons. The largest absolute Gasteiger partial charge is 0.357 e. The highest BCUT2D eigenvalue weighted by molar-refractivity contribution is 14.0. The molecule has 1 aliphatic rings. The van der Waals surface area contributed by atoms with E-state index in [-0.39, 0.29) is 24.0 Å². The van der Waals surface area contributed by atoms with Gasteiger partial charge in [-0.05, 0) is 38.2 Å². The molecule has 0 radical (unpaired) electrons. The van der Waals surface area contributed by atoms with E-state index in [9.17, 15) is 0 Å². The number of aliphatic imine (C=N–C) groups is 1. The second-order valence-electron chi connectivity index (χ2n) is 5.82. The molecule has 1 aromatic rings. The summed E-state index contributed by atoms with van der Waals surface area (Å²) in [5.74, 6) is 4.23. The molecule has 0 saturated carbocycles. The molecule has 0 spiro atoms. The third-order valence-corrected chi connectivity index (χ3v) is 4.63. The first-order chi connectivity index (χ1) is 11.3. The molecule has 24 heavy (non-hydrogen) atoms. The number of nitrogens with zero attached hydrogens (tertiary/aromatic N) is 4. The maximum absolute atomic E-state index is 4.70. The fraction of sp³-hybridized carbons (Fsp3) is 0.812. The Balaban J connectivity index is 0.00000288. The summed E-state index contributed by atoms with van der Waals surface area (Å²) in [6, 6.07) is 0.373. The van der Waals surface area contributed by atoms with Gasteiger partial charge in [0.2, 0.25) is 0 Å². The molecular weight excluding hydrogens is 435 g/mol. The Morgan fingerprint density at radius 1 is 1.38 bits per heavy atom. The fourth-order valence-electron chi connectivity index (χ4n) is 2.69. The zero-order chi connectivity index (χ0) is 16.5. The minimum absolute atomic E-state index is 0. The predicted octanol–water partition coefficient (Wildman–Crippen LogP) is 2.47. The minimum atomic E-state index is 0. The molecule has 2 N–H and O–H groups in total. The number of fused-ring (bicyclic) bond motifs is 1. The van der Waals surface area contributed by atoms with Crippen molar-refractivity contribution in [2.24, 2.45) is 4.99 Å². The van der Waals surface area contributed by atoms with Crippen LogP contribution in [0.3, 0.4) is 0 Å². The van der Waals surface area contributed by atoms with Crippen LogP contribution < -0.4 is 10.6 Å². The van der Waals surface area contributed by atoms with Crippen molar-refractivity contribution in [2.75, 3.05) is 25.1 Å². The monoisotopic (exact) mass is 466 g/mol. The molecule has 1 unspecified atom stereocenters. The number of hydrogen-bond acceptors (Lipinski definition) is 4. The van der Waals surface area contributed by atoms with Crippen LogP contribution >= 0.6 is 35.7 Å². The van der Waals surface area contributed by atoms with Gasteiger partial charge in [-0.2, -0.15) is 16.9 Å². The lowest BCUT2D eigenvalue weighted by atomic mass is 10.1. The predicted molar refractivity (Wildman–Crippen MR) is 114 cm³/mol. The Morgan fingerprint density at radius 2 is 2.21 bits per heavy atom. The molecule has 1 atom stereocenters. The Labute approximate surface area is 167 Å². The van der Waals surface area contributed by atoms with Crippen molar-refractivity contribution in [3.05, 3.63) is 11.6 Å². The lowest BCUT2D eigenvalue weighted by Gasteiger charge is -2.25. The zero-order valence-corrected chi connectivity index (χ0v) is 18.2. The Kier molecular flexibility index (Phi) is 10.7. The van der Waals surface area contributed by atoms with E-state index in [0.717, 1.165) is 62.9 Å². The maximum Gasteiger partial charge on any atom is 0.191 e. The zero-order valence-electron chi connectivity index (χ0n) is 15.0. The van der Waals surface area contributed by atoms with Gasteiger partial charge >= 0.3 is 0 Å². The van der Waals surface area contributed by atoms with Crippen LogP contribution in [0.25, 0.3) is 0 Å². The first kappa shape index (κ1) is 21.5. The lowest BCUT2D eigenvalue weighted by Crippen LogP contribution is -2.47. The number of thioether (sulfide) groups is 1. The van der Waals surface area contributed by atoms with Crippen molar-refractivity contribution in [3.8, 4) is 0 Å². The first-order valence-corrected chi connectivity index (χ1v) is 10.1. The van der Waals surface area contributed by atoms with Crippen LogP contribution in [0.5, 0.6) is 0 Å². The van der Waals surface area contributed by atoms with Crippen LogP contribution in [0.4, 0.5) is 0 Å². The molecular formula is C16H31IN6S. The molecule has 1 aromatic heterocycles. The van der Waals surface area contributed by atoms with Gasteiger partial charge in [-0.25, -0.2) is 9.67 Å². The Morgan fingerprint density at radius 3 is 2.92 bits per heavy atom. The van der Waals surface area contributed by atoms with E-state index < -0.39 is 0 Å². The number of guanidine groups is 1. The van der Waals surface area contributed by atoms with Crippen LogP contribution in [-0.2, 0) is 19.4 Å². The Bertz CT molecular complexity index is 505. The molecule has 1 aliphatic heterocycles. The van der Waals surface area contributed by atoms with Gasteiger partial charge < -0.3 is 10.6 Å². The quantitative estimate of drug-likeness (QED) is 0.267. The molecule has 0 bridgehead atoms. The van der Waals surface area contributed by atoms with E-state index in [1.165, 1.54) is 12.2 Å². The fourth-order valence-corrected chi connectivity index (χ4v) is 3.18. The summed E-state index contributed by atoms with van der Waals surface area (Å²) in [5.41, 5.74) is 0. The highest BCUT2D eigenvalue weighted by Gasteiger charge is 2.21. The summed E-state index contributed by atoms with van der Waals surface area (Å²) in [7, 11) is 0. The molecule has 2 heterocycles. The van der Waals surface area contributed by atoms with Crippen LogP contribution in [0.1, 0.15) is 44.8 Å². The van der Waals surface area contributed by atoms with E-state index in [1.54, 1.807) is 0 Å². The number of aryl methyl sites for hydroxylation is 2. The normalized spacial score (nSPS) is 17.1.